The molecule has 0 saturated carbocycles. The molecule has 0 bridgehead atoms. The highest BCUT2D eigenvalue weighted by molar-refractivity contribution is 5.70. The zero-order valence-corrected chi connectivity index (χ0v) is 24.9. The Bertz CT molecular complexity index is 2050. The van der Waals surface area contributed by atoms with Crippen molar-refractivity contribution in [2.75, 3.05) is 0 Å². The molecule has 0 N–H and O–H groups in total. The van der Waals surface area contributed by atoms with Gasteiger partial charge in [0, 0.05) is 33.4 Å². The SMILES string of the molecule is Cc1nc(C)nc(-c2cccc(-c3nc(C)nc(-c4ccc(-c5nc(-c6ccccc6)nc(-c6ccccc6)n5)cc4)n3)c2)n1. The molecule has 0 atom stereocenters. The van der Waals surface area contributed by atoms with Gasteiger partial charge in [0.15, 0.2) is 34.9 Å². The van der Waals surface area contributed by atoms with E-state index in [0.29, 0.717) is 52.4 Å². The summed E-state index contributed by atoms with van der Waals surface area (Å²) in [6.45, 7) is 5.59. The van der Waals surface area contributed by atoms with Gasteiger partial charge in [-0.1, -0.05) is 103 Å². The van der Waals surface area contributed by atoms with E-state index in [-0.39, 0.29) is 0 Å². The van der Waals surface area contributed by atoms with Crippen LogP contribution in [0.15, 0.2) is 109 Å². The van der Waals surface area contributed by atoms with Crippen LogP contribution in [0, 0.1) is 20.8 Å². The molecule has 0 aliphatic heterocycles. The highest BCUT2D eigenvalue weighted by Crippen LogP contribution is 2.28. The van der Waals surface area contributed by atoms with Crippen molar-refractivity contribution in [1.82, 2.24) is 44.9 Å². The van der Waals surface area contributed by atoms with E-state index >= 15 is 0 Å². The molecule has 0 saturated heterocycles. The minimum atomic E-state index is 0.573. The van der Waals surface area contributed by atoms with E-state index in [2.05, 4.69) is 24.9 Å². The third kappa shape index (κ3) is 6.05. The van der Waals surface area contributed by atoms with E-state index in [1.54, 1.807) is 0 Å². The number of aromatic nitrogens is 9. The van der Waals surface area contributed by atoms with Crippen molar-refractivity contribution >= 4 is 0 Å². The lowest BCUT2D eigenvalue weighted by Crippen LogP contribution is -2.01. The average molecular weight is 586 g/mol. The molecule has 0 unspecified atom stereocenters. The quantitative estimate of drug-likeness (QED) is 0.200. The van der Waals surface area contributed by atoms with E-state index in [1.165, 1.54) is 0 Å². The lowest BCUT2D eigenvalue weighted by atomic mass is 10.1. The Morgan fingerprint density at radius 3 is 0.978 bits per heavy atom. The first-order valence-corrected chi connectivity index (χ1v) is 14.5. The summed E-state index contributed by atoms with van der Waals surface area (Å²) in [6, 6.07) is 35.7. The smallest absolute Gasteiger partial charge is 0.164 e. The van der Waals surface area contributed by atoms with E-state index in [1.807, 2.05) is 130 Å². The fraction of sp³-hybridized carbons (Fsp3) is 0.0833. The monoisotopic (exact) mass is 585 g/mol. The second-order valence-electron chi connectivity index (χ2n) is 10.5. The summed E-state index contributed by atoms with van der Waals surface area (Å²) in [7, 11) is 0. The Kier molecular flexibility index (Phi) is 7.33. The van der Waals surface area contributed by atoms with Gasteiger partial charge in [-0.05, 0) is 26.8 Å². The summed E-state index contributed by atoms with van der Waals surface area (Å²) in [6.07, 6.45) is 0. The van der Waals surface area contributed by atoms with Crippen molar-refractivity contribution in [3.8, 4) is 68.3 Å². The highest BCUT2D eigenvalue weighted by Gasteiger charge is 2.14. The fourth-order valence-corrected chi connectivity index (χ4v) is 4.99. The first-order chi connectivity index (χ1) is 22.0. The van der Waals surface area contributed by atoms with Crippen LogP contribution >= 0.6 is 0 Å². The van der Waals surface area contributed by atoms with Gasteiger partial charge in [-0.2, -0.15) is 0 Å². The highest BCUT2D eigenvalue weighted by atomic mass is 15.0. The van der Waals surface area contributed by atoms with E-state index < -0.39 is 0 Å². The Morgan fingerprint density at radius 1 is 0.267 bits per heavy atom. The third-order valence-electron chi connectivity index (χ3n) is 7.09. The van der Waals surface area contributed by atoms with Gasteiger partial charge in [-0.25, -0.2) is 44.9 Å². The van der Waals surface area contributed by atoms with Crippen molar-refractivity contribution in [3.05, 3.63) is 127 Å². The van der Waals surface area contributed by atoms with Gasteiger partial charge in [0.25, 0.3) is 0 Å². The molecule has 0 aliphatic carbocycles. The predicted molar refractivity (Wildman–Crippen MR) is 173 cm³/mol. The maximum atomic E-state index is 4.84. The molecule has 0 amide bonds. The first-order valence-electron chi connectivity index (χ1n) is 14.5. The molecule has 3 heterocycles. The van der Waals surface area contributed by atoms with Crippen molar-refractivity contribution in [3.63, 3.8) is 0 Å². The van der Waals surface area contributed by atoms with Crippen LogP contribution in [0.3, 0.4) is 0 Å². The molecule has 0 fully saturated rings. The third-order valence-corrected chi connectivity index (χ3v) is 7.09. The Hall–Kier alpha value is -6.09. The summed E-state index contributed by atoms with van der Waals surface area (Å²) in [5.41, 5.74) is 5.27. The lowest BCUT2D eigenvalue weighted by molar-refractivity contribution is 0.928. The second kappa shape index (κ2) is 11.9. The zero-order chi connectivity index (χ0) is 30.8. The number of aryl methyl sites for hydroxylation is 3. The predicted octanol–water partition coefficient (Wildman–Crippen LogP) is 7.17. The van der Waals surface area contributed by atoms with Crippen LogP contribution in [0.2, 0.25) is 0 Å². The van der Waals surface area contributed by atoms with Crippen LogP contribution in [-0.4, -0.2) is 44.9 Å². The molecule has 7 rings (SSSR count). The molecule has 9 heteroatoms. The zero-order valence-electron chi connectivity index (χ0n) is 24.9. The molecule has 0 radical (unpaired) electrons. The van der Waals surface area contributed by atoms with Gasteiger partial charge in [-0.3, -0.25) is 0 Å². The van der Waals surface area contributed by atoms with Gasteiger partial charge in [0.05, 0.1) is 0 Å². The van der Waals surface area contributed by atoms with Gasteiger partial charge in [0.1, 0.15) is 17.5 Å². The van der Waals surface area contributed by atoms with Gasteiger partial charge < -0.3 is 0 Å². The average Bonchev–Trinajstić information content (AvgIpc) is 3.08. The van der Waals surface area contributed by atoms with Gasteiger partial charge in [-0.15, -0.1) is 0 Å². The van der Waals surface area contributed by atoms with Crippen LogP contribution in [-0.2, 0) is 0 Å². The molecule has 0 aliphatic rings. The number of rotatable bonds is 6. The minimum absolute atomic E-state index is 0.573. The van der Waals surface area contributed by atoms with Crippen LogP contribution in [0.4, 0.5) is 0 Å². The fourth-order valence-electron chi connectivity index (χ4n) is 4.99. The van der Waals surface area contributed by atoms with Gasteiger partial charge >= 0.3 is 0 Å². The maximum Gasteiger partial charge on any atom is 0.164 e. The van der Waals surface area contributed by atoms with Gasteiger partial charge in [0.2, 0.25) is 0 Å². The van der Waals surface area contributed by atoms with E-state index in [4.69, 9.17) is 19.9 Å². The standard InChI is InChI=1S/C36H27N9/c1-22-37-23(2)39-35(38-22)29-15-10-16-30(21-29)36-41-24(3)40-31(42-36)27-17-19-28(20-18-27)34-44-32(25-11-6-4-7-12-25)43-33(45-34)26-13-8-5-9-14-26/h4-21H,1-3H3. The topological polar surface area (TPSA) is 116 Å². The largest absolute Gasteiger partial charge is 0.219 e. The second-order valence-corrected chi connectivity index (χ2v) is 10.5. The first kappa shape index (κ1) is 27.7. The number of nitrogens with zero attached hydrogens (tertiary/aromatic N) is 9. The Morgan fingerprint density at radius 2 is 0.556 bits per heavy atom. The summed E-state index contributed by atoms with van der Waals surface area (Å²) in [4.78, 5) is 41.9. The van der Waals surface area contributed by atoms with Crippen molar-refractivity contribution < 1.29 is 0 Å². The van der Waals surface area contributed by atoms with E-state index in [9.17, 15) is 0 Å². The molecule has 9 nitrogen and oxygen atoms in total. The summed E-state index contributed by atoms with van der Waals surface area (Å²) < 4.78 is 0. The van der Waals surface area contributed by atoms with Crippen LogP contribution in [0.25, 0.3) is 68.3 Å². The number of hydrogen-bond acceptors (Lipinski definition) is 9. The molecule has 45 heavy (non-hydrogen) atoms. The molecular formula is C36H27N9. The summed E-state index contributed by atoms with van der Waals surface area (Å²) in [5, 5.41) is 0. The van der Waals surface area contributed by atoms with Crippen LogP contribution < -0.4 is 0 Å². The molecule has 4 aromatic carbocycles. The van der Waals surface area contributed by atoms with Crippen molar-refractivity contribution in [2.24, 2.45) is 0 Å². The van der Waals surface area contributed by atoms with Crippen molar-refractivity contribution in [1.29, 1.82) is 0 Å². The molecule has 7 aromatic rings. The Labute approximate surface area is 260 Å². The maximum absolute atomic E-state index is 4.84. The summed E-state index contributed by atoms with van der Waals surface area (Å²) >= 11 is 0. The molecule has 216 valence electrons. The van der Waals surface area contributed by atoms with Crippen LogP contribution in [0.5, 0.6) is 0 Å². The van der Waals surface area contributed by atoms with Crippen LogP contribution in [0.1, 0.15) is 17.5 Å². The number of hydrogen-bond donors (Lipinski definition) is 0. The van der Waals surface area contributed by atoms with Crippen molar-refractivity contribution in [2.45, 2.75) is 20.8 Å². The molecule has 0 spiro atoms. The molecule has 3 aromatic heterocycles. The Balaban J connectivity index is 1.24. The van der Waals surface area contributed by atoms with E-state index in [0.717, 1.165) is 33.4 Å². The number of benzene rings is 4. The lowest BCUT2D eigenvalue weighted by Gasteiger charge is -2.10. The molecular weight excluding hydrogens is 558 g/mol. The normalized spacial score (nSPS) is 11.0. The minimum Gasteiger partial charge on any atom is -0.219 e. The summed E-state index contributed by atoms with van der Waals surface area (Å²) in [5.74, 6) is 5.56.